The van der Waals surface area contributed by atoms with E-state index in [1.165, 1.54) is 19.3 Å². The minimum absolute atomic E-state index is 0.816. The van der Waals surface area contributed by atoms with E-state index in [9.17, 15) is 0 Å². The molecule has 19 heavy (non-hydrogen) atoms. The predicted molar refractivity (Wildman–Crippen MR) is 90.9 cm³/mol. The van der Waals surface area contributed by atoms with E-state index < -0.39 is 7.22 Å². The average Bonchev–Trinajstić information content (AvgIpc) is 2.37. The topological polar surface area (TPSA) is 25.2 Å². The summed E-state index contributed by atoms with van der Waals surface area (Å²) in [6.45, 7) is 10.5. The first-order chi connectivity index (χ1) is 9.01. The lowest BCUT2D eigenvalue weighted by Crippen LogP contribution is -2.20. The fourth-order valence-electron chi connectivity index (χ4n) is 1.87. The van der Waals surface area contributed by atoms with Crippen LogP contribution < -0.4 is 0 Å². The van der Waals surface area contributed by atoms with Crippen molar-refractivity contribution in [1.82, 2.24) is 4.98 Å². The maximum absolute atomic E-state index is 4.46. The Kier molecular flexibility index (Phi) is 7.39. The Morgan fingerprint density at radius 1 is 1.37 bits per heavy atom. The molecule has 1 aromatic heterocycles. The Morgan fingerprint density at radius 2 is 2.16 bits per heavy atom. The molecule has 1 atom stereocenters. The first-order valence-corrected chi connectivity index (χ1v) is 12.2. The van der Waals surface area contributed by atoms with Gasteiger partial charge in [0.25, 0.3) is 0 Å². The van der Waals surface area contributed by atoms with Crippen LogP contribution in [-0.2, 0) is 0 Å². The molecule has 2 nitrogen and oxygen atoms in total. The normalized spacial score (nSPS) is 13.9. The van der Waals surface area contributed by atoms with E-state index >= 15 is 0 Å². The summed E-state index contributed by atoms with van der Waals surface area (Å²) in [5.74, 6) is 0. The molecule has 4 heteroatoms. The molecule has 0 radical (unpaired) electrons. The molecule has 1 rings (SSSR count). The molecule has 0 N–H and O–H groups in total. The van der Waals surface area contributed by atoms with Crippen molar-refractivity contribution in [1.29, 1.82) is 0 Å². The molecule has 0 aromatic carbocycles. The molecule has 0 aliphatic carbocycles. The Bertz CT molecular complexity index is 373. The van der Waals surface area contributed by atoms with Crippen LogP contribution in [0.15, 0.2) is 29.4 Å². The molecule has 1 heterocycles. The molecule has 0 fully saturated rings. The smallest absolute Gasteiger partial charge is 0.108 e. The molecular formula is C15H26N2SSi. The van der Waals surface area contributed by atoms with Crippen molar-refractivity contribution in [3.05, 3.63) is 30.1 Å². The highest BCUT2D eigenvalue weighted by atomic mass is 32.4. The van der Waals surface area contributed by atoms with Crippen LogP contribution in [0.3, 0.4) is 0 Å². The van der Waals surface area contributed by atoms with Gasteiger partial charge < -0.3 is 0 Å². The second-order valence-corrected chi connectivity index (χ2v) is 15.2. The lowest BCUT2D eigenvalue weighted by Gasteiger charge is -2.23. The molecule has 0 bridgehead atoms. The molecule has 0 saturated heterocycles. The molecule has 0 amide bonds. The van der Waals surface area contributed by atoms with Crippen LogP contribution in [0.1, 0.15) is 31.9 Å². The van der Waals surface area contributed by atoms with Gasteiger partial charge in [0.2, 0.25) is 0 Å². The van der Waals surface area contributed by atoms with Crippen molar-refractivity contribution in [2.75, 3.05) is 6.54 Å². The number of hydrogen-bond acceptors (Lipinski definition) is 3. The molecule has 0 saturated carbocycles. The van der Waals surface area contributed by atoms with Gasteiger partial charge in [-0.05, 0) is 36.6 Å². The average molecular weight is 295 g/mol. The van der Waals surface area contributed by atoms with Crippen LogP contribution in [0.2, 0.25) is 19.6 Å². The van der Waals surface area contributed by atoms with Gasteiger partial charge in [-0.2, -0.15) is 11.2 Å². The minimum Gasteiger partial charge on any atom is -0.291 e. The molecule has 0 aliphatic heterocycles. The summed E-state index contributed by atoms with van der Waals surface area (Å²) in [6.07, 6.45) is 7.43. The number of hydrogen-bond donors (Lipinski definition) is 0. The minimum atomic E-state index is -0.994. The number of aromatic nitrogens is 1. The SMILES string of the molecule is CCC(CCC/N=C/c1ccccn1)S[Si](C)(C)C. The van der Waals surface area contributed by atoms with Crippen LogP contribution >= 0.6 is 11.2 Å². The Hall–Kier alpha value is -0.613. The highest BCUT2D eigenvalue weighted by Gasteiger charge is 2.19. The van der Waals surface area contributed by atoms with Crippen molar-refractivity contribution in [3.63, 3.8) is 0 Å². The van der Waals surface area contributed by atoms with E-state index in [1.54, 1.807) is 6.20 Å². The highest BCUT2D eigenvalue weighted by molar-refractivity contribution is 8.29. The van der Waals surface area contributed by atoms with Crippen molar-refractivity contribution in [3.8, 4) is 0 Å². The zero-order valence-corrected chi connectivity index (χ0v) is 14.4. The maximum Gasteiger partial charge on any atom is 0.108 e. The lowest BCUT2D eigenvalue weighted by atomic mass is 10.2. The molecule has 106 valence electrons. The Balaban J connectivity index is 2.24. The molecule has 0 spiro atoms. The highest BCUT2D eigenvalue weighted by Crippen LogP contribution is 2.29. The second kappa shape index (κ2) is 8.54. The summed E-state index contributed by atoms with van der Waals surface area (Å²) in [4.78, 5) is 8.69. The van der Waals surface area contributed by atoms with E-state index in [1.807, 2.05) is 24.4 Å². The fourth-order valence-corrected chi connectivity index (χ4v) is 7.17. The zero-order valence-electron chi connectivity index (χ0n) is 12.6. The van der Waals surface area contributed by atoms with Gasteiger partial charge in [-0.3, -0.25) is 9.98 Å². The van der Waals surface area contributed by atoms with Gasteiger partial charge in [0.05, 0.1) is 5.69 Å². The molecule has 1 aromatic rings. The van der Waals surface area contributed by atoms with Gasteiger partial charge >= 0.3 is 0 Å². The molecule has 1 unspecified atom stereocenters. The summed E-state index contributed by atoms with van der Waals surface area (Å²) >= 11 is 2.23. The van der Waals surface area contributed by atoms with Crippen LogP contribution in [0.25, 0.3) is 0 Å². The van der Waals surface area contributed by atoms with Gasteiger partial charge in [0, 0.05) is 19.0 Å². The summed E-state index contributed by atoms with van der Waals surface area (Å²) in [6, 6.07) is 5.91. The summed E-state index contributed by atoms with van der Waals surface area (Å²) in [7, 11) is -0.994. The van der Waals surface area contributed by atoms with Gasteiger partial charge in [0.1, 0.15) is 7.22 Å². The van der Waals surface area contributed by atoms with Gasteiger partial charge in [-0.15, -0.1) is 0 Å². The number of rotatable bonds is 8. The summed E-state index contributed by atoms with van der Waals surface area (Å²) in [5, 5.41) is 0.816. The fraction of sp³-hybridized carbons (Fsp3) is 0.600. The second-order valence-electron chi connectivity index (χ2n) is 5.69. The van der Waals surface area contributed by atoms with Crippen LogP contribution in [-0.4, -0.2) is 30.2 Å². The predicted octanol–water partition coefficient (Wildman–Crippen LogP) is 4.63. The Labute approximate surface area is 122 Å². The van der Waals surface area contributed by atoms with Crippen LogP contribution in [0.5, 0.6) is 0 Å². The maximum atomic E-state index is 4.46. The standard InChI is InChI=1S/C15H26N2SSi/c1-5-15(18-19(2,3)4)10-8-11-16-13-14-9-6-7-12-17-14/h6-7,9,12-13,15H,5,8,10-11H2,1-4H3/b16-13+. The van der Waals surface area contributed by atoms with Crippen LogP contribution in [0, 0.1) is 0 Å². The number of nitrogens with zero attached hydrogens (tertiary/aromatic N) is 2. The Morgan fingerprint density at radius 3 is 2.74 bits per heavy atom. The van der Waals surface area contributed by atoms with Gasteiger partial charge in [-0.25, -0.2) is 0 Å². The third kappa shape index (κ3) is 8.21. The van der Waals surface area contributed by atoms with Gasteiger partial charge in [-0.1, -0.05) is 32.6 Å². The van der Waals surface area contributed by atoms with Crippen molar-refractivity contribution >= 4 is 24.6 Å². The summed E-state index contributed by atoms with van der Waals surface area (Å²) < 4.78 is 0. The third-order valence-electron chi connectivity index (χ3n) is 2.70. The van der Waals surface area contributed by atoms with E-state index in [-0.39, 0.29) is 0 Å². The summed E-state index contributed by atoms with van der Waals surface area (Å²) in [5.41, 5.74) is 0.950. The van der Waals surface area contributed by atoms with E-state index in [0.29, 0.717) is 0 Å². The first kappa shape index (κ1) is 16.4. The number of pyridine rings is 1. The van der Waals surface area contributed by atoms with Crippen molar-refractivity contribution in [2.24, 2.45) is 4.99 Å². The third-order valence-corrected chi connectivity index (χ3v) is 7.43. The largest absolute Gasteiger partial charge is 0.291 e. The molecular weight excluding hydrogens is 268 g/mol. The molecule has 0 aliphatic rings. The quantitative estimate of drug-likeness (QED) is 0.397. The van der Waals surface area contributed by atoms with Crippen LogP contribution in [0.4, 0.5) is 0 Å². The van der Waals surface area contributed by atoms with E-state index in [2.05, 4.69) is 47.8 Å². The lowest BCUT2D eigenvalue weighted by molar-refractivity contribution is 0.693. The van der Waals surface area contributed by atoms with Gasteiger partial charge in [0.15, 0.2) is 0 Å². The number of aliphatic imine (C=N–C) groups is 1. The van der Waals surface area contributed by atoms with Crippen molar-refractivity contribution < 1.29 is 0 Å². The van der Waals surface area contributed by atoms with E-state index in [0.717, 1.165) is 17.5 Å². The zero-order chi connectivity index (χ0) is 14.1. The van der Waals surface area contributed by atoms with Crippen molar-refractivity contribution in [2.45, 2.75) is 51.1 Å². The monoisotopic (exact) mass is 294 g/mol. The first-order valence-electron chi connectivity index (χ1n) is 7.10. The van der Waals surface area contributed by atoms with E-state index in [4.69, 9.17) is 0 Å².